The second-order valence-electron chi connectivity index (χ2n) is 4.47. The third-order valence-electron chi connectivity index (χ3n) is 3.13. The maximum atomic E-state index is 3.60. The van der Waals surface area contributed by atoms with E-state index < -0.39 is 0 Å². The highest BCUT2D eigenvalue weighted by atomic mass is 32.2. The van der Waals surface area contributed by atoms with Gasteiger partial charge in [0.1, 0.15) is 0 Å². The molecule has 1 aliphatic heterocycles. The quantitative estimate of drug-likeness (QED) is 0.785. The van der Waals surface area contributed by atoms with Gasteiger partial charge in [-0.25, -0.2) is 0 Å². The summed E-state index contributed by atoms with van der Waals surface area (Å²) in [7, 11) is 0. The molecule has 1 aliphatic rings. The Morgan fingerprint density at radius 2 is 2.06 bits per heavy atom. The van der Waals surface area contributed by atoms with Gasteiger partial charge in [-0.15, -0.1) is 0 Å². The van der Waals surface area contributed by atoms with Crippen molar-refractivity contribution in [2.45, 2.75) is 37.5 Å². The standard InChI is InChI=1S/C14H21NS/c1-2-6-13(7-3-1)12-16-11-9-14-8-4-5-10-15-14/h1-3,6-7,14-15H,4-5,8-12H2/t14-/m1/s1. The van der Waals surface area contributed by atoms with Crippen LogP contribution in [0.25, 0.3) is 0 Å². The first-order valence-corrected chi connectivity index (χ1v) is 7.46. The van der Waals surface area contributed by atoms with Crippen LogP contribution in [0.3, 0.4) is 0 Å². The first-order valence-electron chi connectivity index (χ1n) is 6.30. The van der Waals surface area contributed by atoms with Crippen molar-refractivity contribution in [3.05, 3.63) is 35.9 Å². The Balaban J connectivity index is 1.58. The third kappa shape index (κ3) is 4.18. The highest BCUT2D eigenvalue weighted by Gasteiger charge is 2.11. The largest absolute Gasteiger partial charge is 0.314 e. The topological polar surface area (TPSA) is 12.0 Å². The maximum Gasteiger partial charge on any atom is 0.0184 e. The summed E-state index contributed by atoms with van der Waals surface area (Å²) < 4.78 is 0. The minimum absolute atomic E-state index is 0.789. The van der Waals surface area contributed by atoms with Gasteiger partial charge >= 0.3 is 0 Å². The Morgan fingerprint density at radius 1 is 1.19 bits per heavy atom. The summed E-state index contributed by atoms with van der Waals surface area (Å²) in [6, 6.07) is 11.5. The van der Waals surface area contributed by atoms with E-state index in [4.69, 9.17) is 0 Å². The molecule has 0 amide bonds. The summed E-state index contributed by atoms with van der Waals surface area (Å²) in [4.78, 5) is 0. The van der Waals surface area contributed by atoms with Crippen molar-refractivity contribution in [1.29, 1.82) is 0 Å². The SMILES string of the molecule is c1ccc(CSCC[C@H]2CCCCN2)cc1. The molecule has 1 aromatic rings. The van der Waals surface area contributed by atoms with Crippen molar-refractivity contribution in [2.24, 2.45) is 0 Å². The van der Waals surface area contributed by atoms with Crippen molar-refractivity contribution in [1.82, 2.24) is 5.32 Å². The molecule has 2 heteroatoms. The highest BCUT2D eigenvalue weighted by molar-refractivity contribution is 7.98. The van der Waals surface area contributed by atoms with Crippen LogP contribution in [0, 0.1) is 0 Å². The van der Waals surface area contributed by atoms with Gasteiger partial charge in [0.2, 0.25) is 0 Å². The van der Waals surface area contributed by atoms with Crippen LogP contribution in [0.5, 0.6) is 0 Å². The summed E-state index contributed by atoms with van der Waals surface area (Å²) in [5.74, 6) is 2.44. The Kier molecular flexibility index (Phi) is 5.23. The molecule has 0 unspecified atom stereocenters. The second-order valence-corrected chi connectivity index (χ2v) is 5.58. The predicted molar refractivity (Wildman–Crippen MR) is 72.9 cm³/mol. The van der Waals surface area contributed by atoms with Crippen LogP contribution in [-0.2, 0) is 5.75 Å². The Morgan fingerprint density at radius 3 is 2.81 bits per heavy atom. The average Bonchev–Trinajstić information content (AvgIpc) is 2.37. The molecule has 1 N–H and O–H groups in total. The molecule has 1 fully saturated rings. The molecule has 0 aromatic heterocycles. The van der Waals surface area contributed by atoms with Crippen LogP contribution in [-0.4, -0.2) is 18.3 Å². The first kappa shape index (κ1) is 12.0. The van der Waals surface area contributed by atoms with Crippen LogP contribution in [0.2, 0.25) is 0 Å². The number of hydrogen-bond donors (Lipinski definition) is 1. The molecule has 0 spiro atoms. The fraction of sp³-hybridized carbons (Fsp3) is 0.571. The molecule has 0 aliphatic carbocycles. The summed E-state index contributed by atoms with van der Waals surface area (Å²) >= 11 is 2.06. The van der Waals surface area contributed by atoms with Gasteiger partial charge in [-0.05, 0) is 37.1 Å². The predicted octanol–water partition coefficient (Wildman–Crippen LogP) is 3.45. The van der Waals surface area contributed by atoms with Crippen molar-refractivity contribution in [3.63, 3.8) is 0 Å². The van der Waals surface area contributed by atoms with E-state index in [0.717, 1.165) is 11.8 Å². The monoisotopic (exact) mass is 235 g/mol. The van der Waals surface area contributed by atoms with Gasteiger partial charge in [0, 0.05) is 11.8 Å². The molecule has 0 radical (unpaired) electrons. The van der Waals surface area contributed by atoms with E-state index in [1.54, 1.807) is 0 Å². The zero-order chi connectivity index (χ0) is 11.1. The minimum Gasteiger partial charge on any atom is -0.314 e. The first-order chi connectivity index (χ1) is 7.95. The van der Waals surface area contributed by atoms with E-state index in [0.29, 0.717) is 0 Å². The molecule has 1 heterocycles. The lowest BCUT2D eigenvalue weighted by molar-refractivity contribution is 0.395. The van der Waals surface area contributed by atoms with Crippen LogP contribution < -0.4 is 5.32 Å². The summed E-state index contributed by atoms with van der Waals surface area (Å²) in [5.41, 5.74) is 1.45. The average molecular weight is 235 g/mol. The smallest absolute Gasteiger partial charge is 0.0184 e. The number of hydrogen-bond acceptors (Lipinski definition) is 2. The lowest BCUT2D eigenvalue weighted by atomic mass is 10.0. The summed E-state index contributed by atoms with van der Waals surface area (Å²) in [5, 5.41) is 3.60. The van der Waals surface area contributed by atoms with Gasteiger partial charge in [0.05, 0.1) is 0 Å². The lowest BCUT2D eigenvalue weighted by Crippen LogP contribution is -2.34. The number of nitrogens with one attached hydrogen (secondary N) is 1. The zero-order valence-electron chi connectivity index (χ0n) is 9.82. The van der Waals surface area contributed by atoms with Gasteiger partial charge in [-0.1, -0.05) is 36.8 Å². The van der Waals surface area contributed by atoms with Crippen LogP contribution in [0.4, 0.5) is 0 Å². The number of rotatable bonds is 5. The fourth-order valence-electron chi connectivity index (χ4n) is 2.16. The Bertz CT molecular complexity index is 280. The van der Waals surface area contributed by atoms with Gasteiger partial charge in [0.25, 0.3) is 0 Å². The van der Waals surface area contributed by atoms with E-state index in [1.807, 2.05) is 0 Å². The highest BCUT2D eigenvalue weighted by Crippen LogP contribution is 2.16. The number of benzene rings is 1. The molecule has 16 heavy (non-hydrogen) atoms. The van der Waals surface area contributed by atoms with Crippen LogP contribution in [0.15, 0.2) is 30.3 Å². The van der Waals surface area contributed by atoms with Crippen molar-refractivity contribution >= 4 is 11.8 Å². The molecule has 0 bridgehead atoms. The van der Waals surface area contributed by atoms with Gasteiger partial charge in [0.15, 0.2) is 0 Å². The normalized spacial score (nSPS) is 20.9. The van der Waals surface area contributed by atoms with E-state index >= 15 is 0 Å². The van der Waals surface area contributed by atoms with Crippen molar-refractivity contribution in [3.8, 4) is 0 Å². The molecule has 0 saturated carbocycles. The maximum absolute atomic E-state index is 3.60. The van der Waals surface area contributed by atoms with Crippen LogP contribution >= 0.6 is 11.8 Å². The van der Waals surface area contributed by atoms with Gasteiger partial charge < -0.3 is 5.32 Å². The van der Waals surface area contributed by atoms with Crippen molar-refractivity contribution in [2.75, 3.05) is 12.3 Å². The number of thioether (sulfide) groups is 1. The van der Waals surface area contributed by atoms with Crippen molar-refractivity contribution < 1.29 is 0 Å². The lowest BCUT2D eigenvalue weighted by Gasteiger charge is -2.23. The fourth-order valence-corrected chi connectivity index (χ4v) is 3.18. The zero-order valence-corrected chi connectivity index (χ0v) is 10.6. The molecule has 88 valence electrons. The molecule has 2 rings (SSSR count). The molecule has 1 atom stereocenters. The molecule has 1 nitrogen and oxygen atoms in total. The Hall–Kier alpha value is -0.470. The number of piperidine rings is 1. The van der Waals surface area contributed by atoms with E-state index in [1.165, 1.54) is 43.5 Å². The van der Waals surface area contributed by atoms with E-state index in [-0.39, 0.29) is 0 Å². The van der Waals surface area contributed by atoms with Gasteiger partial charge in [-0.3, -0.25) is 0 Å². The third-order valence-corrected chi connectivity index (χ3v) is 4.20. The summed E-state index contributed by atoms with van der Waals surface area (Å²) in [6.45, 7) is 1.23. The molecule has 1 aromatic carbocycles. The van der Waals surface area contributed by atoms with Gasteiger partial charge in [-0.2, -0.15) is 11.8 Å². The Labute approximate surface area is 103 Å². The summed E-state index contributed by atoms with van der Waals surface area (Å²) in [6.07, 6.45) is 5.50. The molecular formula is C14H21NS. The van der Waals surface area contributed by atoms with Crippen LogP contribution in [0.1, 0.15) is 31.2 Å². The minimum atomic E-state index is 0.789. The molecular weight excluding hydrogens is 214 g/mol. The van der Waals surface area contributed by atoms with E-state index in [2.05, 4.69) is 47.4 Å². The molecule has 1 saturated heterocycles. The second kappa shape index (κ2) is 6.97. The van der Waals surface area contributed by atoms with E-state index in [9.17, 15) is 0 Å².